The number of aromatic nitrogens is 1. The van der Waals surface area contributed by atoms with Gasteiger partial charge in [0.15, 0.2) is 0 Å². The number of anilines is 1. The molecule has 0 saturated carbocycles. The lowest BCUT2D eigenvalue weighted by molar-refractivity contribution is -0.119. The number of nitrogens with one attached hydrogen (secondary N) is 1. The summed E-state index contributed by atoms with van der Waals surface area (Å²) in [4.78, 5) is 29.4. The quantitative estimate of drug-likeness (QED) is 0.916. The number of nitrogens with zero attached hydrogens (tertiary/aromatic N) is 2. The van der Waals surface area contributed by atoms with E-state index in [1.165, 1.54) is 11.1 Å². The van der Waals surface area contributed by atoms with Gasteiger partial charge >= 0.3 is 0 Å². The third kappa shape index (κ3) is 4.53. The molecule has 0 aromatic carbocycles. The number of ether oxygens (including phenoxy) is 1. The maximum absolute atomic E-state index is 12.0. The molecule has 6 heteroatoms. The Morgan fingerprint density at radius 2 is 2.24 bits per heavy atom. The molecule has 0 radical (unpaired) electrons. The molecule has 0 bridgehead atoms. The first-order chi connectivity index (χ1) is 10.1. The molecule has 1 aliphatic rings. The van der Waals surface area contributed by atoms with Crippen LogP contribution in [0.3, 0.4) is 0 Å². The van der Waals surface area contributed by atoms with Gasteiger partial charge in [-0.1, -0.05) is 0 Å². The Labute approximate surface area is 124 Å². The summed E-state index contributed by atoms with van der Waals surface area (Å²) in [5, 5.41) is 2.72. The van der Waals surface area contributed by atoms with Gasteiger partial charge in [0.1, 0.15) is 5.82 Å². The van der Waals surface area contributed by atoms with Gasteiger partial charge in [0, 0.05) is 32.5 Å². The zero-order chi connectivity index (χ0) is 15.2. The number of carbonyl (C=O) groups is 2. The minimum atomic E-state index is -0.135. The van der Waals surface area contributed by atoms with Crippen LogP contribution in [0.1, 0.15) is 36.0 Å². The molecule has 1 N–H and O–H groups in total. The second-order valence-corrected chi connectivity index (χ2v) is 5.37. The molecule has 1 fully saturated rings. The van der Waals surface area contributed by atoms with Crippen LogP contribution >= 0.6 is 0 Å². The number of pyridine rings is 1. The van der Waals surface area contributed by atoms with Crippen LogP contribution in [0.4, 0.5) is 5.82 Å². The van der Waals surface area contributed by atoms with Gasteiger partial charge in [-0.2, -0.15) is 0 Å². The molecule has 1 atom stereocenters. The maximum atomic E-state index is 12.0. The molecule has 21 heavy (non-hydrogen) atoms. The average Bonchev–Trinajstić information content (AvgIpc) is 2.47. The molecule has 2 heterocycles. The van der Waals surface area contributed by atoms with Crippen molar-refractivity contribution < 1.29 is 14.3 Å². The smallest absolute Gasteiger partial charge is 0.253 e. The van der Waals surface area contributed by atoms with E-state index >= 15 is 0 Å². The van der Waals surface area contributed by atoms with Crippen molar-refractivity contribution in [3.63, 3.8) is 0 Å². The molecule has 2 rings (SSSR count). The van der Waals surface area contributed by atoms with E-state index in [1.54, 1.807) is 26.2 Å². The van der Waals surface area contributed by atoms with Crippen molar-refractivity contribution in [1.82, 2.24) is 9.88 Å². The highest BCUT2D eigenvalue weighted by molar-refractivity contribution is 5.96. The SMILES string of the molecule is CN(C)C(=O)c1ccnc(NC(=O)CC2CCCCO2)c1. The Kier molecular flexibility index (Phi) is 5.27. The third-order valence-electron chi connectivity index (χ3n) is 3.37. The minimum absolute atomic E-state index is 0.00894. The van der Waals surface area contributed by atoms with Crippen LogP contribution in [-0.2, 0) is 9.53 Å². The summed E-state index contributed by atoms with van der Waals surface area (Å²) in [7, 11) is 3.36. The monoisotopic (exact) mass is 291 g/mol. The van der Waals surface area contributed by atoms with Gasteiger partial charge in [-0.25, -0.2) is 4.98 Å². The first kappa shape index (κ1) is 15.4. The van der Waals surface area contributed by atoms with Crippen molar-refractivity contribution in [2.24, 2.45) is 0 Å². The van der Waals surface area contributed by atoms with Crippen molar-refractivity contribution in [2.45, 2.75) is 31.8 Å². The molecule has 1 aromatic rings. The van der Waals surface area contributed by atoms with Gasteiger partial charge in [0.25, 0.3) is 5.91 Å². The topological polar surface area (TPSA) is 71.5 Å². The summed E-state index contributed by atoms with van der Waals surface area (Å²) >= 11 is 0. The zero-order valence-electron chi connectivity index (χ0n) is 12.5. The largest absolute Gasteiger partial charge is 0.378 e. The van der Waals surface area contributed by atoms with Crippen molar-refractivity contribution >= 4 is 17.6 Å². The van der Waals surface area contributed by atoms with Gasteiger partial charge in [-0.05, 0) is 31.4 Å². The van der Waals surface area contributed by atoms with Crippen LogP contribution in [0.5, 0.6) is 0 Å². The summed E-state index contributed by atoms with van der Waals surface area (Å²) < 4.78 is 5.54. The van der Waals surface area contributed by atoms with Crippen molar-refractivity contribution in [2.75, 3.05) is 26.0 Å². The van der Waals surface area contributed by atoms with Gasteiger partial charge in [-0.3, -0.25) is 9.59 Å². The fraction of sp³-hybridized carbons (Fsp3) is 0.533. The van der Waals surface area contributed by atoms with Crippen LogP contribution in [0.25, 0.3) is 0 Å². The van der Waals surface area contributed by atoms with E-state index in [1.807, 2.05) is 0 Å². The molecular formula is C15H21N3O3. The Balaban J connectivity index is 1.94. The van der Waals surface area contributed by atoms with E-state index in [2.05, 4.69) is 10.3 Å². The second kappa shape index (κ2) is 7.17. The summed E-state index contributed by atoms with van der Waals surface area (Å²) in [5.41, 5.74) is 0.499. The summed E-state index contributed by atoms with van der Waals surface area (Å²) in [5.74, 6) is 0.135. The standard InChI is InChI=1S/C15H21N3O3/c1-18(2)15(20)11-6-7-16-13(9-11)17-14(19)10-12-5-3-4-8-21-12/h6-7,9,12H,3-5,8,10H2,1-2H3,(H,16,17,19). The predicted molar refractivity (Wildman–Crippen MR) is 79.1 cm³/mol. The first-order valence-corrected chi connectivity index (χ1v) is 7.15. The molecule has 1 unspecified atom stereocenters. The number of hydrogen-bond acceptors (Lipinski definition) is 4. The van der Waals surface area contributed by atoms with Crippen LogP contribution < -0.4 is 5.32 Å². The fourth-order valence-corrected chi connectivity index (χ4v) is 2.26. The van der Waals surface area contributed by atoms with Crippen molar-refractivity contribution in [3.8, 4) is 0 Å². The van der Waals surface area contributed by atoms with E-state index < -0.39 is 0 Å². The normalized spacial score (nSPS) is 18.1. The lowest BCUT2D eigenvalue weighted by atomic mass is 10.1. The third-order valence-corrected chi connectivity index (χ3v) is 3.37. The highest BCUT2D eigenvalue weighted by Gasteiger charge is 2.18. The maximum Gasteiger partial charge on any atom is 0.253 e. The molecule has 114 valence electrons. The number of carbonyl (C=O) groups excluding carboxylic acids is 2. The van der Waals surface area contributed by atoms with Gasteiger partial charge in [0.05, 0.1) is 12.5 Å². The molecule has 1 saturated heterocycles. The average molecular weight is 291 g/mol. The summed E-state index contributed by atoms with van der Waals surface area (Å²) in [6.45, 7) is 0.725. The van der Waals surface area contributed by atoms with Crippen LogP contribution in [0, 0.1) is 0 Å². The molecule has 0 spiro atoms. The highest BCUT2D eigenvalue weighted by Crippen LogP contribution is 2.16. The Morgan fingerprint density at radius 3 is 2.90 bits per heavy atom. The van der Waals surface area contributed by atoms with Gasteiger partial charge in [-0.15, -0.1) is 0 Å². The van der Waals surface area contributed by atoms with E-state index in [-0.39, 0.29) is 17.9 Å². The fourth-order valence-electron chi connectivity index (χ4n) is 2.26. The van der Waals surface area contributed by atoms with E-state index in [0.717, 1.165) is 25.9 Å². The van der Waals surface area contributed by atoms with Crippen LogP contribution in [0.15, 0.2) is 18.3 Å². The molecule has 6 nitrogen and oxygen atoms in total. The lowest BCUT2D eigenvalue weighted by Crippen LogP contribution is -2.26. The predicted octanol–water partition coefficient (Wildman–Crippen LogP) is 1.68. The van der Waals surface area contributed by atoms with E-state index in [4.69, 9.17) is 4.74 Å². The molecular weight excluding hydrogens is 270 g/mol. The van der Waals surface area contributed by atoms with Gasteiger partial charge in [0.2, 0.25) is 5.91 Å². The molecule has 1 aliphatic heterocycles. The second-order valence-electron chi connectivity index (χ2n) is 5.37. The van der Waals surface area contributed by atoms with Crippen LogP contribution in [0.2, 0.25) is 0 Å². The number of hydrogen-bond donors (Lipinski definition) is 1. The van der Waals surface area contributed by atoms with Crippen LogP contribution in [-0.4, -0.2) is 48.5 Å². The van der Waals surface area contributed by atoms with Crippen molar-refractivity contribution in [3.05, 3.63) is 23.9 Å². The van der Waals surface area contributed by atoms with E-state index in [9.17, 15) is 9.59 Å². The molecule has 2 amide bonds. The highest BCUT2D eigenvalue weighted by atomic mass is 16.5. The first-order valence-electron chi connectivity index (χ1n) is 7.15. The lowest BCUT2D eigenvalue weighted by Gasteiger charge is -2.21. The Morgan fingerprint density at radius 1 is 1.43 bits per heavy atom. The number of amides is 2. The van der Waals surface area contributed by atoms with Crippen molar-refractivity contribution in [1.29, 1.82) is 0 Å². The Hall–Kier alpha value is -1.95. The van der Waals surface area contributed by atoms with Gasteiger partial charge < -0.3 is 15.0 Å². The Bertz CT molecular complexity index is 511. The minimum Gasteiger partial charge on any atom is -0.378 e. The summed E-state index contributed by atoms with van der Waals surface area (Å²) in [6.07, 6.45) is 4.92. The molecule has 0 aliphatic carbocycles. The zero-order valence-corrected chi connectivity index (χ0v) is 12.5. The van der Waals surface area contributed by atoms with E-state index in [0.29, 0.717) is 17.8 Å². The molecule has 1 aromatic heterocycles. The summed E-state index contributed by atoms with van der Waals surface area (Å²) in [6, 6.07) is 3.21. The number of rotatable bonds is 4.